The summed E-state index contributed by atoms with van der Waals surface area (Å²) in [5.41, 5.74) is 1.14. The van der Waals surface area contributed by atoms with Crippen LogP contribution < -0.4 is 0 Å². The summed E-state index contributed by atoms with van der Waals surface area (Å²) in [4.78, 5) is 0. The molecule has 0 fully saturated rings. The summed E-state index contributed by atoms with van der Waals surface area (Å²) >= 11 is 0. The van der Waals surface area contributed by atoms with Crippen molar-refractivity contribution in [2.45, 2.75) is 52.1 Å². The second kappa shape index (κ2) is 8.54. The lowest BCUT2D eigenvalue weighted by atomic mass is 9.80. The third kappa shape index (κ3) is 5.79. The van der Waals surface area contributed by atoms with Gasteiger partial charge >= 0.3 is 0 Å². The lowest BCUT2D eigenvalue weighted by Crippen LogP contribution is -2.25. The lowest BCUT2D eigenvalue weighted by Gasteiger charge is -2.28. The van der Waals surface area contributed by atoms with Crippen LogP contribution in [0.5, 0.6) is 0 Å². The van der Waals surface area contributed by atoms with E-state index in [1.807, 2.05) is 30.3 Å². The van der Waals surface area contributed by atoms with Gasteiger partial charge in [0.15, 0.2) is 0 Å². The Morgan fingerprint density at radius 1 is 1.14 bits per heavy atom. The van der Waals surface area contributed by atoms with Crippen LogP contribution in [0.2, 0.25) is 0 Å². The fourth-order valence-corrected chi connectivity index (χ4v) is 3.59. The van der Waals surface area contributed by atoms with E-state index in [2.05, 4.69) is 13.8 Å². The van der Waals surface area contributed by atoms with Crippen molar-refractivity contribution in [3.63, 3.8) is 0 Å². The van der Waals surface area contributed by atoms with Crippen LogP contribution in [0.4, 0.5) is 0 Å². The van der Waals surface area contributed by atoms with E-state index < -0.39 is 15.9 Å². The molecule has 0 aliphatic rings. The summed E-state index contributed by atoms with van der Waals surface area (Å²) in [6, 6.07) is 10.0. The van der Waals surface area contributed by atoms with Gasteiger partial charge in [-0.15, -0.1) is 0 Å². The molecule has 21 heavy (non-hydrogen) atoms. The third-order valence-electron chi connectivity index (χ3n) is 4.25. The number of aliphatic hydroxyl groups excluding tert-OH is 1. The van der Waals surface area contributed by atoms with Gasteiger partial charge in [-0.05, 0) is 24.3 Å². The van der Waals surface area contributed by atoms with Gasteiger partial charge in [0, 0.05) is 11.7 Å². The van der Waals surface area contributed by atoms with E-state index in [0.717, 1.165) is 12.0 Å². The van der Waals surface area contributed by atoms with Crippen LogP contribution >= 0.6 is 0 Å². The highest BCUT2D eigenvalue weighted by Crippen LogP contribution is 2.32. The van der Waals surface area contributed by atoms with Gasteiger partial charge in [-0.25, -0.2) is 8.42 Å². The van der Waals surface area contributed by atoms with Crippen LogP contribution in [0.1, 0.15) is 51.5 Å². The minimum atomic E-state index is -2.94. The Labute approximate surface area is 129 Å². The summed E-state index contributed by atoms with van der Waals surface area (Å²) in [6.07, 6.45) is 1.55. The molecule has 0 amide bonds. The molecule has 0 heterocycles. The maximum absolute atomic E-state index is 11.5. The molecule has 1 rings (SSSR count). The molecule has 0 spiro atoms. The standard InChI is InChI=1S/C17H28O3S/c1-4-14(3)17(15-10-7-6-8-11-15)16(18)12-9-13-21(19,20)5-2/h6-8,10-11,14,16-18H,4-5,9,12-13H2,1-3H3. The molecule has 3 unspecified atom stereocenters. The smallest absolute Gasteiger partial charge is 0.150 e. The average Bonchev–Trinajstić information content (AvgIpc) is 2.48. The first kappa shape index (κ1) is 18.2. The van der Waals surface area contributed by atoms with Gasteiger partial charge in [0.25, 0.3) is 0 Å². The van der Waals surface area contributed by atoms with Crippen molar-refractivity contribution in [2.24, 2.45) is 5.92 Å². The zero-order chi connectivity index (χ0) is 15.9. The minimum absolute atomic E-state index is 0.0699. The van der Waals surface area contributed by atoms with E-state index in [4.69, 9.17) is 0 Å². The second-order valence-corrected chi connectivity index (χ2v) is 8.24. The molecule has 0 aliphatic heterocycles. The molecule has 0 aromatic heterocycles. The van der Waals surface area contributed by atoms with Crippen molar-refractivity contribution < 1.29 is 13.5 Å². The van der Waals surface area contributed by atoms with Crippen molar-refractivity contribution in [1.82, 2.24) is 0 Å². The van der Waals surface area contributed by atoms with Crippen LogP contribution in [-0.4, -0.2) is 31.1 Å². The Kier molecular flexibility index (Phi) is 7.40. The van der Waals surface area contributed by atoms with Crippen LogP contribution in [0, 0.1) is 5.92 Å². The molecule has 4 heteroatoms. The predicted octanol–water partition coefficient (Wildman–Crippen LogP) is 3.39. The van der Waals surface area contributed by atoms with Crippen molar-refractivity contribution >= 4 is 9.84 Å². The normalized spacial score (nSPS) is 16.4. The maximum Gasteiger partial charge on any atom is 0.150 e. The summed E-state index contributed by atoms with van der Waals surface area (Å²) in [7, 11) is -2.94. The Morgan fingerprint density at radius 3 is 2.29 bits per heavy atom. The van der Waals surface area contributed by atoms with Crippen LogP contribution in [0.3, 0.4) is 0 Å². The van der Waals surface area contributed by atoms with E-state index in [1.165, 1.54) is 0 Å². The number of benzene rings is 1. The van der Waals surface area contributed by atoms with Gasteiger partial charge in [0.05, 0.1) is 11.9 Å². The number of sulfone groups is 1. The number of rotatable bonds is 9. The highest BCUT2D eigenvalue weighted by Gasteiger charge is 2.26. The van der Waals surface area contributed by atoms with Crippen LogP contribution in [0.25, 0.3) is 0 Å². The second-order valence-electron chi connectivity index (χ2n) is 5.77. The number of hydrogen-bond acceptors (Lipinski definition) is 3. The van der Waals surface area contributed by atoms with Gasteiger partial charge < -0.3 is 5.11 Å². The van der Waals surface area contributed by atoms with Crippen molar-refractivity contribution in [1.29, 1.82) is 0 Å². The zero-order valence-corrected chi connectivity index (χ0v) is 14.1. The predicted molar refractivity (Wildman–Crippen MR) is 88.2 cm³/mol. The fraction of sp³-hybridized carbons (Fsp3) is 0.647. The van der Waals surface area contributed by atoms with Crippen molar-refractivity contribution in [3.8, 4) is 0 Å². The third-order valence-corrected chi connectivity index (χ3v) is 6.04. The molecule has 0 saturated carbocycles. The van der Waals surface area contributed by atoms with Crippen LogP contribution in [0.15, 0.2) is 30.3 Å². The topological polar surface area (TPSA) is 54.4 Å². The summed E-state index contributed by atoms with van der Waals surface area (Å²) < 4.78 is 23.1. The number of aliphatic hydroxyl groups is 1. The molecule has 1 N–H and O–H groups in total. The molecule has 3 atom stereocenters. The Bertz CT molecular complexity index is 496. The minimum Gasteiger partial charge on any atom is -0.392 e. The lowest BCUT2D eigenvalue weighted by molar-refractivity contribution is 0.108. The van der Waals surface area contributed by atoms with Crippen molar-refractivity contribution in [3.05, 3.63) is 35.9 Å². The molecule has 120 valence electrons. The quantitative estimate of drug-likeness (QED) is 0.760. The van der Waals surface area contributed by atoms with E-state index in [1.54, 1.807) is 6.92 Å². The molecule has 1 aromatic carbocycles. The summed E-state index contributed by atoms with van der Waals surface area (Å²) in [5, 5.41) is 10.5. The van der Waals surface area contributed by atoms with Gasteiger partial charge in [-0.1, -0.05) is 57.5 Å². The molecule has 0 aliphatic carbocycles. The Hall–Kier alpha value is -0.870. The van der Waals surface area contributed by atoms with Gasteiger partial charge in [-0.3, -0.25) is 0 Å². The van der Waals surface area contributed by atoms with E-state index in [-0.39, 0.29) is 17.4 Å². The average molecular weight is 312 g/mol. The van der Waals surface area contributed by atoms with E-state index in [9.17, 15) is 13.5 Å². The molecule has 0 bridgehead atoms. The van der Waals surface area contributed by atoms with E-state index in [0.29, 0.717) is 18.8 Å². The molecule has 3 nitrogen and oxygen atoms in total. The molecule has 0 saturated heterocycles. The first-order valence-electron chi connectivity index (χ1n) is 7.84. The number of hydrogen-bond donors (Lipinski definition) is 1. The van der Waals surface area contributed by atoms with Gasteiger partial charge in [-0.2, -0.15) is 0 Å². The molecular weight excluding hydrogens is 284 g/mol. The first-order valence-corrected chi connectivity index (χ1v) is 9.66. The monoisotopic (exact) mass is 312 g/mol. The zero-order valence-electron chi connectivity index (χ0n) is 13.3. The largest absolute Gasteiger partial charge is 0.392 e. The highest BCUT2D eigenvalue weighted by atomic mass is 32.2. The summed E-state index contributed by atoms with van der Waals surface area (Å²) in [6.45, 7) is 5.93. The Balaban J connectivity index is 2.71. The summed E-state index contributed by atoms with van der Waals surface area (Å²) in [5.74, 6) is 0.782. The van der Waals surface area contributed by atoms with Gasteiger partial charge in [0.2, 0.25) is 0 Å². The first-order chi connectivity index (χ1) is 9.91. The van der Waals surface area contributed by atoms with Gasteiger partial charge in [0.1, 0.15) is 9.84 Å². The van der Waals surface area contributed by atoms with Crippen LogP contribution in [-0.2, 0) is 9.84 Å². The Morgan fingerprint density at radius 2 is 1.76 bits per heavy atom. The SMILES string of the molecule is CCC(C)C(c1ccccc1)C(O)CCCS(=O)(=O)CC. The van der Waals surface area contributed by atoms with Crippen molar-refractivity contribution in [2.75, 3.05) is 11.5 Å². The molecule has 1 aromatic rings. The molecule has 0 radical (unpaired) electrons. The fourth-order valence-electron chi connectivity index (χ4n) is 2.70. The maximum atomic E-state index is 11.5. The van der Waals surface area contributed by atoms with E-state index >= 15 is 0 Å². The molecular formula is C17H28O3S. The highest BCUT2D eigenvalue weighted by molar-refractivity contribution is 7.91.